The van der Waals surface area contributed by atoms with Gasteiger partial charge >= 0.3 is 5.97 Å². The summed E-state index contributed by atoms with van der Waals surface area (Å²) in [6.07, 6.45) is 1.90. The van der Waals surface area contributed by atoms with E-state index in [4.69, 9.17) is 4.74 Å². The highest BCUT2D eigenvalue weighted by Crippen LogP contribution is 2.33. The molecule has 27 heavy (non-hydrogen) atoms. The van der Waals surface area contributed by atoms with Crippen LogP contribution in [0.4, 0.5) is 0 Å². The lowest BCUT2D eigenvalue weighted by atomic mass is 10.0. The first-order valence-corrected chi connectivity index (χ1v) is 10.5. The highest BCUT2D eigenvalue weighted by Gasteiger charge is 2.30. The Morgan fingerprint density at radius 2 is 1.67 bits per heavy atom. The number of nitrogens with zero attached hydrogens (tertiary/aromatic N) is 2. The van der Waals surface area contributed by atoms with Crippen molar-refractivity contribution in [1.82, 2.24) is 9.80 Å². The van der Waals surface area contributed by atoms with Crippen LogP contribution in [-0.2, 0) is 11.3 Å². The number of benzene rings is 2. The number of carbonyl (C=O) groups excluding carboxylic acids is 1. The van der Waals surface area contributed by atoms with Crippen molar-refractivity contribution in [1.29, 1.82) is 0 Å². The molecule has 0 spiro atoms. The van der Waals surface area contributed by atoms with Gasteiger partial charge in [0.05, 0.1) is 5.56 Å². The molecule has 1 unspecified atom stereocenters. The van der Waals surface area contributed by atoms with Crippen LogP contribution in [0.1, 0.15) is 40.4 Å². The number of hydrogen-bond donors (Lipinski definition) is 0. The maximum atomic E-state index is 11.9. The monoisotopic (exact) mass is 428 g/mol. The maximum absolute atomic E-state index is 11.9. The van der Waals surface area contributed by atoms with E-state index in [-0.39, 0.29) is 12.1 Å². The molecule has 4 nitrogen and oxygen atoms in total. The minimum atomic E-state index is -0.169. The van der Waals surface area contributed by atoms with Gasteiger partial charge in [0.2, 0.25) is 0 Å². The number of cyclic esters (lactones) is 1. The summed E-state index contributed by atoms with van der Waals surface area (Å²) in [5, 5.41) is 0. The first-order chi connectivity index (χ1) is 13.2. The highest BCUT2D eigenvalue weighted by atomic mass is 79.9. The largest absolute Gasteiger partial charge is 0.454 e. The molecule has 2 aromatic rings. The standard InChI is InChI=1S/C22H25BrN2O2/c23-18-9-7-17(8-10-18)16-25-14-12-24(13-15-25)11-3-6-21-19-4-1-2-5-20(19)22(26)27-21/h1-2,4-5,7-10,21H,3,6,11-16H2. The van der Waals surface area contributed by atoms with Gasteiger partial charge in [0.15, 0.2) is 0 Å². The number of fused-ring (bicyclic) bond motifs is 1. The molecule has 2 heterocycles. The molecule has 1 saturated heterocycles. The van der Waals surface area contributed by atoms with Crippen molar-refractivity contribution in [3.63, 3.8) is 0 Å². The van der Waals surface area contributed by atoms with Crippen molar-refractivity contribution in [2.45, 2.75) is 25.5 Å². The van der Waals surface area contributed by atoms with E-state index < -0.39 is 0 Å². The first kappa shape index (κ1) is 18.7. The van der Waals surface area contributed by atoms with Crippen LogP contribution in [0.15, 0.2) is 53.0 Å². The Hall–Kier alpha value is -1.69. The smallest absolute Gasteiger partial charge is 0.339 e. The van der Waals surface area contributed by atoms with E-state index in [0.29, 0.717) is 0 Å². The normalized spacial score (nSPS) is 20.5. The molecule has 1 fully saturated rings. The van der Waals surface area contributed by atoms with Gasteiger partial charge in [-0.1, -0.05) is 46.3 Å². The van der Waals surface area contributed by atoms with Crippen LogP contribution in [0.25, 0.3) is 0 Å². The second kappa shape index (κ2) is 8.55. The van der Waals surface area contributed by atoms with E-state index in [0.717, 1.165) is 67.7 Å². The van der Waals surface area contributed by atoms with Gasteiger partial charge in [-0.25, -0.2) is 4.79 Å². The number of rotatable bonds is 6. The maximum Gasteiger partial charge on any atom is 0.339 e. The Morgan fingerprint density at radius 1 is 0.963 bits per heavy atom. The van der Waals surface area contributed by atoms with Gasteiger partial charge in [-0.05, 0) is 43.1 Å². The molecule has 0 bridgehead atoms. The zero-order valence-corrected chi connectivity index (χ0v) is 17.0. The second-order valence-corrected chi connectivity index (χ2v) is 8.28. The summed E-state index contributed by atoms with van der Waals surface area (Å²) < 4.78 is 6.68. The van der Waals surface area contributed by atoms with Gasteiger partial charge < -0.3 is 9.64 Å². The molecule has 2 aliphatic heterocycles. The molecule has 2 aromatic carbocycles. The lowest BCUT2D eigenvalue weighted by Gasteiger charge is -2.34. The van der Waals surface area contributed by atoms with Gasteiger partial charge in [-0.3, -0.25) is 4.90 Å². The Labute approximate surface area is 169 Å². The van der Waals surface area contributed by atoms with E-state index in [1.54, 1.807) is 0 Å². The van der Waals surface area contributed by atoms with E-state index in [1.165, 1.54) is 5.56 Å². The molecular formula is C22H25BrN2O2. The molecule has 0 radical (unpaired) electrons. The van der Waals surface area contributed by atoms with E-state index in [2.05, 4.69) is 50.0 Å². The Morgan fingerprint density at radius 3 is 2.44 bits per heavy atom. The van der Waals surface area contributed by atoms with Crippen LogP contribution in [0.3, 0.4) is 0 Å². The summed E-state index contributed by atoms with van der Waals surface area (Å²) in [5.74, 6) is -0.169. The number of hydrogen-bond acceptors (Lipinski definition) is 4. The summed E-state index contributed by atoms with van der Waals surface area (Å²) in [4.78, 5) is 17.0. The molecule has 4 rings (SSSR count). The van der Waals surface area contributed by atoms with Crippen LogP contribution in [0.2, 0.25) is 0 Å². The first-order valence-electron chi connectivity index (χ1n) is 9.68. The van der Waals surface area contributed by atoms with Crippen LogP contribution < -0.4 is 0 Å². The summed E-state index contributed by atoms with van der Waals surface area (Å²) in [6, 6.07) is 16.4. The fourth-order valence-electron chi connectivity index (χ4n) is 3.95. The molecule has 0 saturated carbocycles. The van der Waals surface area contributed by atoms with E-state index in [9.17, 15) is 4.79 Å². The van der Waals surface area contributed by atoms with Crippen LogP contribution in [0, 0.1) is 0 Å². The van der Waals surface area contributed by atoms with Crippen molar-refractivity contribution in [3.8, 4) is 0 Å². The molecule has 0 aliphatic carbocycles. The fraction of sp³-hybridized carbons (Fsp3) is 0.409. The zero-order chi connectivity index (χ0) is 18.6. The topological polar surface area (TPSA) is 32.8 Å². The lowest BCUT2D eigenvalue weighted by Crippen LogP contribution is -2.46. The molecule has 1 atom stereocenters. The van der Waals surface area contributed by atoms with Crippen LogP contribution >= 0.6 is 15.9 Å². The summed E-state index contributed by atoms with van der Waals surface area (Å²) in [5.41, 5.74) is 3.17. The Kier molecular flexibility index (Phi) is 5.91. The quantitative estimate of drug-likeness (QED) is 0.643. The predicted octanol–water partition coefficient (Wildman–Crippen LogP) is 4.26. The lowest BCUT2D eigenvalue weighted by molar-refractivity contribution is 0.0353. The molecular weight excluding hydrogens is 404 g/mol. The molecule has 0 aromatic heterocycles. The molecule has 142 valence electrons. The van der Waals surface area contributed by atoms with Gasteiger partial charge in [0.1, 0.15) is 6.10 Å². The minimum Gasteiger partial charge on any atom is -0.454 e. The summed E-state index contributed by atoms with van der Waals surface area (Å²) in [6.45, 7) is 6.53. The third kappa shape index (κ3) is 4.60. The van der Waals surface area contributed by atoms with Crippen molar-refractivity contribution in [2.75, 3.05) is 32.7 Å². The van der Waals surface area contributed by atoms with Gasteiger partial charge in [-0.15, -0.1) is 0 Å². The van der Waals surface area contributed by atoms with Crippen molar-refractivity contribution in [3.05, 3.63) is 69.7 Å². The molecule has 5 heteroatoms. The van der Waals surface area contributed by atoms with Crippen molar-refractivity contribution >= 4 is 21.9 Å². The number of carbonyl (C=O) groups is 1. The van der Waals surface area contributed by atoms with Crippen LogP contribution in [-0.4, -0.2) is 48.5 Å². The van der Waals surface area contributed by atoms with Crippen molar-refractivity contribution < 1.29 is 9.53 Å². The van der Waals surface area contributed by atoms with Crippen molar-refractivity contribution in [2.24, 2.45) is 0 Å². The third-order valence-electron chi connectivity index (χ3n) is 5.50. The number of ether oxygens (including phenoxy) is 1. The summed E-state index contributed by atoms with van der Waals surface area (Å²) in [7, 11) is 0. The molecule has 0 amide bonds. The predicted molar refractivity (Wildman–Crippen MR) is 110 cm³/mol. The highest BCUT2D eigenvalue weighted by molar-refractivity contribution is 9.10. The second-order valence-electron chi connectivity index (χ2n) is 7.37. The van der Waals surface area contributed by atoms with E-state index in [1.807, 2.05) is 24.3 Å². The van der Waals surface area contributed by atoms with E-state index >= 15 is 0 Å². The van der Waals surface area contributed by atoms with Gasteiger partial charge in [0.25, 0.3) is 0 Å². The minimum absolute atomic E-state index is 0.0626. The van der Waals surface area contributed by atoms with Gasteiger partial charge in [0, 0.05) is 42.8 Å². The zero-order valence-electron chi connectivity index (χ0n) is 15.4. The average Bonchev–Trinajstić information content (AvgIpc) is 3.01. The fourth-order valence-corrected chi connectivity index (χ4v) is 4.22. The average molecular weight is 429 g/mol. The Balaban J connectivity index is 1.19. The SMILES string of the molecule is O=C1OC(CCCN2CCN(Cc3ccc(Br)cc3)CC2)c2ccccc21. The van der Waals surface area contributed by atoms with Crippen LogP contribution in [0.5, 0.6) is 0 Å². The van der Waals surface area contributed by atoms with Gasteiger partial charge in [-0.2, -0.15) is 0 Å². The number of esters is 1. The summed E-state index contributed by atoms with van der Waals surface area (Å²) >= 11 is 3.49. The molecule has 2 aliphatic rings. The number of piperazine rings is 1. The number of halogens is 1. The molecule has 0 N–H and O–H groups in total. The third-order valence-corrected chi connectivity index (χ3v) is 6.03. The Bertz CT molecular complexity index is 785.